The highest BCUT2D eigenvalue weighted by Gasteiger charge is 2.17. The molecule has 0 aliphatic heterocycles. The number of hydrogen-bond acceptors (Lipinski definition) is 4. The Morgan fingerprint density at radius 3 is 2.68 bits per heavy atom. The molecule has 3 aromatic rings. The van der Waals surface area contributed by atoms with E-state index < -0.39 is 0 Å². The normalized spacial score (nSPS) is 10.8. The average molecular weight is 252 g/mol. The number of nitrogens with zero attached hydrogens (tertiary/aromatic N) is 4. The Labute approximate surface area is 110 Å². The van der Waals surface area contributed by atoms with Crippen LogP contribution in [0.5, 0.6) is 0 Å². The maximum atomic E-state index is 8.95. The molecule has 0 spiro atoms. The summed E-state index contributed by atoms with van der Waals surface area (Å²) in [7, 11) is 1.91. The van der Waals surface area contributed by atoms with Crippen molar-refractivity contribution in [3.05, 3.63) is 35.3 Å². The summed E-state index contributed by atoms with van der Waals surface area (Å²) in [6.07, 6.45) is 0. The number of imidazole rings is 1. The summed E-state index contributed by atoms with van der Waals surface area (Å²) in [6.45, 7) is 3.71. The molecular formula is C14H12N4O. The quantitative estimate of drug-likeness (QED) is 0.667. The van der Waals surface area contributed by atoms with Gasteiger partial charge in [-0.3, -0.25) is 0 Å². The number of benzene rings is 1. The Morgan fingerprint density at radius 1 is 1.26 bits per heavy atom. The molecule has 0 saturated heterocycles. The van der Waals surface area contributed by atoms with E-state index in [2.05, 4.69) is 16.0 Å². The lowest BCUT2D eigenvalue weighted by Gasteiger charge is -1.99. The Balaban J connectivity index is 2.29. The standard InChI is InChI=1S/C14H12N4O/c1-8-13(19-9(2)16-8)14-17-11-5-4-10(7-15)6-12(11)18(14)3/h4-6H,1-3H3. The molecule has 0 saturated carbocycles. The molecule has 3 rings (SSSR count). The number of nitriles is 1. The first-order valence-electron chi connectivity index (χ1n) is 5.91. The van der Waals surface area contributed by atoms with Gasteiger partial charge in [-0.05, 0) is 25.1 Å². The monoisotopic (exact) mass is 252 g/mol. The van der Waals surface area contributed by atoms with Crippen molar-refractivity contribution in [2.75, 3.05) is 0 Å². The van der Waals surface area contributed by atoms with Gasteiger partial charge in [-0.25, -0.2) is 9.97 Å². The van der Waals surface area contributed by atoms with Gasteiger partial charge in [0.1, 0.15) is 0 Å². The smallest absolute Gasteiger partial charge is 0.193 e. The zero-order valence-corrected chi connectivity index (χ0v) is 10.9. The number of oxazole rings is 1. The van der Waals surface area contributed by atoms with E-state index in [1.807, 2.05) is 37.6 Å². The number of fused-ring (bicyclic) bond motifs is 1. The Bertz CT molecular complexity index is 820. The zero-order chi connectivity index (χ0) is 13.6. The molecule has 1 aromatic carbocycles. The van der Waals surface area contributed by atoms with E-state index in [4.69, 9.17) is 9.68 Å². The van der Waals surface area contributed by atoms with Crippen LogP contribution in [0.2, 0.25) is 0 Å². The molecule has 0 aliphatic rings. The highest BCUT2D eigenvalue weighted by atomic mass is 16.4. The van der Waals surface area contributed by atoms with Crippen molar-refractivity contribution in [3.8, 4) is 17.7 Å². The van der Waals surface area contributed by atoms with Gasteiger partial charge in [0.05, 0.1) is 28.4 Å². The molecule has 0 fully saturated rings. The highest BCUT2D eigenvalue weighted by molar-refractivity contribution is 5.81. The average Bonchev–Trinajstić information content (AvgIpc) is 2.89. The summed E-state index contributed by atoms with van der Waals surface area (Å²) in [5.41, 5.74) is 3.18. The first-order chi connectivity index (χ1) is 9.10. The van der Waals surface area contributed by atoms with Gasteiger partial charge < -0.3 is 8.98 Å². The summed E-state index contributed by atoms with van der Waals surface area (Å²) in [5, 5.41) is 8.95. The van der Waals surface area contributed by atoms with Crippen LogP contribution in [0.15, 0.2) is 22.6 Å². The van der Waals surface area contributed by atoms with Crippen LogP contribution in [0.25, 0.3) is 22.6 Å². The Hall–Kier alpha value is -2.61. The van der Waals surface area contributed by atoms with Crippen molar-refractivity contribution in [2.24, 2.45) is 7.05 Å². The number of aryl methyl sites for hydroxylation is 3. The van der Waals surface area contributed by atoms with Crippen LogP contribution in [-0.4, -0.2) is 14.5 Å². The lowest BCUT2D eigenvalue weighted by Crippen LogP contribution is -1.93. The van der Waals surface area contributed by atoms with Gasteiger partial charge in [0.2, 0.25) is 0 Å². The van der Waals surface area contributed by atoms with E-state index in [1.54, 1.807) is 6.07 Å². The minimum absolute atomic E-state index is 0.618. The predicted octanol–water partition coefficient (Wildman–Crippen LogP) is 2.72. The van der Waals surface area contributed by atoms with Gasteiger partial charge in [0.15, 0.2) is 17.5 Å². The minimum Gasteiger partial charge on any atom is -0.437 e. The fourth-order valence-corrected chi connectivity index (χ4v) is 2.20. The maximum Gasteiger partial charge on any atom is 0.193 e. The molecule has 5 nitrogen and oxygen atoms in total. The second-order valence-corrected chi connectivity index (χ2v) is 4.46. The third kappa shape index (κ3) is 1.69. The van der Waals surface area contributed by atoms with Crippen molar-refractivity contribution in [1.29, 1.82) is 5.26 Å². The molecular weight excluding hydrogens is 240 g/mol. The molecule has 0 N–H and O–H groups in total. The van der Waals surface area contributed by atoms with Crippen LogP contribution < -0.4 is 0 Å². The topological polar surface area (TPSA) is 67.6 Å². The fourth-order valence-electron chi connectivity index (χ4n) is 2.20. The lowest BCUT2D eigenvalue weighted by molar-refractivity contribution is 0.528. The van der Waals surface area contributed by atoms with Crippen LogP contribution in [0.4, 0.5) is 0 Å². The predicted molar refractivity (Wildman–Crippen MR) is 70.4 cm³/mol. The molecule has 94 valence electrons. The maximum absolute atomic E-state index is 8.95. The van der Waals surface area contributed by atoms with E-state index in [0.29, 0.717) is 17.2 Å². The van der Waals surface area contributed by atoms with Gasteiger partial charge in [-0.1, -0.05) is 0 Å². The highest BCUT2D eigenvalue weighted by Crippen LogP contribution is 2.27. The molecule has 19 heavy (non-hydrogen) atoms. The van der Waals surface area contributed by atoms with Crippen LogP contribution in [0.3, 0.4) is 0 Å². The molecule has 2 aromatic heterocycles. The molecule has 0 amide bonds. The van der Waals surface area contributed by atoms with E-state index in [1.165, 1.54) is 0 Å². The van der Waals surface area contributed by atoms with E-state index in [-0.39, 0.29) is 0 Å². The first kappa shape index (κ1) is 11.5. The van der Waals surface area contributed by atoms with Crippen LogP contribution in [0.1, 0.15) is 17.1 Å². The summed E-state index contributed by atoms with van der Waals surface area (Å²) in [4.78, 5) is 8.81. The fraction of sp³-hybridized carbons (Fsp3) is 0.214. The molecule has 2 heterocycles. The Morgan fingerprint density at radius 2 is 2.05 bits per heavy atom. The number of aromatic nitrogens is 3. The van der Waals surface area contributed by atoms with Gasteiger partial charge in [-0.15, -0.1) is 0 Å². The molecule has 0 radical (unpaired) electrons. The molecule has 0 bridgehead atoms. The van der Waals surface area contributed by atoms with Gasteiger partial charge >= 0.3 is 0 Å². The molecule has 0 aliphatic carbocycles. The van der Waals surface area contributed by atoms with Crippen molar-refractivity contribution in [2.45, 2.75) is 13.8 Å². The molecule has 0 unspecified atom stereocenters. The largest absolute Gasteiger partial charge is 0.437 e. The Kier molecular flexibility index (Phi) is 2.39. The lowest BCUT2D eigenvalue weighted by atomic mass is 10.2. The summed E-state index contributed by atoms with van der Waals surface area (Å²) >= 11 is 0. The second-order valence-electron chi connectivity index (χ2n) is 4.46. The SMILES string of the molecule is Cc1nc(C)c(-c2nc3ccc(C#N)cc3n2C)o1. The van der Waals surface area contributed by atoms with Crippen molar-refractivity contribution < 1.29 is 4.42 Å². The second kappa shape index (κ2) is 3.95. The van der Waals surface area contributed by atoms with E-state index in [9.17, 15) is 0 Å². The van der Waals surface area contributed by atoms with Crippen molar-refractivity contribution in [1.82, 2.24) is 14.5 Å². The van der Waals surface area contributed by atoms with Crippen LogP contribution in [-0.2, 0) is 7.05 Å². The summed E-state index contributed by atoms with van der Waals surface area (Å²) in [6, 6.07) is 7.56. The van der Waals surface area contributed by atoms with Crippen molar-refractivity contribution >= 4 is 11.0 Å². The summed E-state index contributed by atoms with van der Waals surface area (Å²) < 4.78 is 7.53. The third-order valence-corrected chi connectivity index (χ3v) is 3.12. The van der Waals surface area contributed by atoms with Crippen LogP contribution in [0, 0.1) is 25.2 Å². The number of hydrogen-bond donors (Lipinski definition) is 0. The third-order valence-electron chi connectivity index (χ3n) is 3.12. The van der Waals surface area contributed by atoms with Crippen LogP contribution >= 0.6 is 0 Å². The number of rotatable bonds is 1. The van der Waals surface area contributed by atoms with Gasteiger partial charge in [-0.2, -0.15) is 5.26 Å². The zero-order valence-electron chi connectivity index (χ0n) is 10.9. The van der Waals surface area contributed by atoms with Gasteiger partial charge in [0, 0.05) is 14.0 Å². The minimum atomic E-state index is 0.618. The molecule has 0 atom stereocenters. The van der Waals surface area contributed by atoms with E-state index >= 15 is 0 Å². The molecule has 5 heteroatoms. The van der Waals surface area contributed by atoms with Gasteiger partial charge in [0.25, 0.3) is 0 Å². The summed E-state index contributed by atoms with van der Waals surface area (Å²) in [5.74, 6) is 2.02. The van der Waals surface area contributed by atoms with E-state index in [0.717, 1.165) is 22.6 Å². The van der Waals surface area contributed by atoms with Crippen molar-refractivity contribution in [3.63, 3.8) is 0 Å². The first-order valence-corrected chi connectivity index (χ1v) is 5.91.